The summed E-state index contributed by atoms with van der Waals surface area (Å²) in [6, 6.07) is 6.74. The van der Waals surface area contributed by atoms with Crippen LogP contribution in [0.4, 0.5) is 18.9 Å². The molecule has 138 valence electrons. The zero-order valence-corrected chi connectivity index (χ0v) is 14.6. The monoisotopic (exact) mass is 384 g/mol. The Labute approximate surface area is 153 Å². The van der Waals surface area contributed by atoms with Crippen LogP contribution in [0.2, 0.25) is 5.02 Å². The maximum Gasteiger partial charge on any atom is 0.411 e. The SMILES string of the molecule is CC(OCC(F)(F)F)c1cncc(N2CCc3cc(Cl)ccc3C2=O)c1. The quantitative estimate of drug-likeness (QED) is 0.775. The van der Waals surface area contributed by atoms with Crippen molar-refractivity contribution in [3.63, 3.8) is 0 Å². The first-order valence-electron chi connectivity index (χ1n) is 7.98. The van der Waals surface area contributed by atoms with E-state index in [4.69, 9.17) is 16.3 Å². The maximum atomic E-state index is 12.7. The second-order valence-corrected chi connectivity index (χ2v) is 6.49. The number of carbonyl (C=O) groups is 1. The predicted octanol–water partition coefficient (Wildman–Crippen LogP) is 4.58. The largest absolute Gasteiger partial charge is 0.411 e. The minimum atomic E-state index is -4.40. The third-order valence-corrected chi connectivity index (χ3v) is 4.41. The Hall–Kier alpha value is -2.12. The number of ether oxygens (including phenoxy) is 1. The Bertz CT molecular complexity index is 826. The molecule has 8 heteroatoms. The summed E-state index contributed by atoms with van der Waals surface area (Å²) in [6.45, 7) is 0.617. The summed E-state index contributed by atoms with van der Waals surface area (Å²) in [5, 5.41) is 0.573. The third kappa shape index (κ3) is 4.16. The average Bonchev–Trinajstić information content (AvgIpc) is 2.59. The molecule has 2 heterocycles. The van der Waals surface area contributed by atoms with E-state index in [0.29, 0.717) is 34.8 Å². The summed E-state index contributed by atoms with van der Waals surface area (Å²) in [5.74, 6) is -0.189. The molecular formula is C18H16ClF3N2O2. The van der Waals surface area contributed by atoms with E-state index in [0.717, 1.165) is 5.56 Å². The number of anilines is 1. The van der Waals surface area contributed by atoms with Crippen molar-refractivity contribution in [3.05, 3.63) is 58.4 Å². The molecule has 1 aliphatic heterocycles. The van der Waals surface area contributed by atoms with Gasteiger partial charge in [-0.1, -0.05) is 11.6 Å². The molecule has 0 spiro atoms. The van der Waals surface area contributed by atoms with Crippen LogP contribution in [0.15, 0.2) is 36.7 Å². The van der Waals surface area contributed by atoms with Crippen LogP contribution in [0.1, 0.15) is 34.5 Å². The lowest BCUT2D eigenvalue weighted by Gasteiger charge is -2.29. The normalized spacial score (nSPS) is 15.7. The summed E-state index contributed by atoms with van der Waals surface area (Å²) in [7, 11) is 0. The Morgan fingerprint density at radius 3 is 2.81 bits per heavy atom. The number of nitrogens with zero attached hydrogens (tertiary/aromatic N) is 2. The van der Waals surface area contributed by atoms with Crippen molar-refractivity contribution in [2.75, 3.05) is 18.1 Å². The van der Waals surface area contributed by atoms with Gasteiger partial charge in [0.2, 0.25) is 0 Å². The second kappa shape index (κ2) is 7.25. The smallest absolute Gasteiger partial charge is 0.364 e. The molecule has 0 aliphatic carbocycles. The molecule has 1 aromatic carbocycles. The van der Waals surface area contributed by atoms with Crippen molar-refractivity contribution in [1.29, 1.82) is 0 Å². The van der Waals surface area contributed by atoms with Gasteiger partial charge in [0.1, 0.15) is 6.61 Å². The topological polar surface area (TPSA) is 42.4 Å². The lowest BCUT2D eigenvalue weighted by Crippen LogP contribution is -2.37. The molecule has 1 aromatic heterocycles. The van der Waals surface area contributed by atoms with Gasteiger partial charge in [-0.2, -0.15) is 13.2 Å². The molecule has 1 unspecified atom stereocenters. The van der Waals surface area contributed by atoms with Gasteiger partial charge >= 0.3 is 6.18 Å². The van der Waals surface area contributed by atoms with E-state index in [-0.39, 0.29) is 5.91 Å². The van der Waals surface area contributed by atoms with Gasteiger partial charge in [-0.05, 0) is 43.2 Å². The summed E-state index contributed by atoms with van der Waals surface area (Å²) < 4.78 is 41.8. The van der Waals surface area contributed by atoms with Crippen LogP contribution in [0.5, 0.6) is 0 Å². The highest BCUT2D eigenvalue weighted by Crippen LogP contribution is 2.29. The number of amides is 1. The molecule has 0 saturated carbocycles. The molecule has 0 saturated heterocycles. The van der Waals surface area contributed by atoms with Crippen LogP contribution in [-0.4, -0.2) is 30.2 Å². The summed E-state index contributed by atoms with van der Waals surface area (Å²) in [4.78, 5) is 18.4. The van der Waals surface area contributed by atoms with Crippen molar-refractivity contribution in [1.82, 2.24) is 4.98 Å². The Morgan fingerprint density at radius 1 is 1.31 bits per heavy atom. The van der Waals surface area contributed by atoms with E-state index in [2.05, 4.69) is 4.98 Å². The number of carbonyl (C=O) groups excluding carboxylic acids is 1. The second-order valence-electron chi connectivity index (χ2n) is 6.05. The van der Waals surface area contributed by atoms with Crippen LogP contribution >= 0.6 is 11.6 Å². The van der Waals surface area contributed by atoms with E-state index in [1.165, 1.54) is 19.3 Å². The van der Waals surface area contributed by atoms with Crippen molar-refractivity contribution < 1.29 is 22.7 Å². The third-order valence-electron chi connectivity index (χ3n) is 4.17. The highest BCUT2D eigenvalue weighted by atomic mass is 35.5. The predicted molar refractivity (Wildman–Crippen MR) is 91.5 cm³/mol. The van der Waals surface area contributed by atoms with Gasteiger partial charge in [-0.15, -0.1) is 0 Å². The Balaban J connectivity index is 1.80. The van der Waals surface area contributed by atoms with Crippen molar-refractivity contribution in [2.24, 2.45) is 0 Å². The highest BCUT2D eigenvalue weighted by molar-refractivity contribution is 6.30. The van der Waals surface area contributed by atoms with Crippen LogP contribution in [0.3, 0.4) is 0 Å². The number of hydrogen-bond donors (Lipinski definition) is 0. The first kappa shape index (κ1) is 18.7. The molecule has 0 bridgehead atoms. The molecule has 26 heavy (non-hydrogen) atoms. The minimum absolute atomic E-state index is 0.189. The van der Waals surface area contributed by atoms with Crippen LogP contribution in [0.25, 0.3) is 0 Å². The van der Waals surface area contributed by atoms with Gasteiger partial charge in [-0.25, -0.2) is 0 Å². The van der Waals surface area contributed by atoms with E-state index in [9.17, 15) is 18.0 Å². The fourth-order valence-electron chi connectivity index (χ4n) is 2.83. The molecular weight excluding hydrogens is 369 g/mol. The molecule has 1 amide bonds. The number of aromatic nitrogens is 1. The molecule has 0 radical (unpaired) electrons. The Morgan fingerprint density at radius 2 is 2.08 bits per heavy atom. The highest BCUT2D eigenvalue weighted by Gasteiger charge is 2.29. The zero-order valence-electron chi connectivity index (χ0n) is 13.9. The number of fused-ring (bicyclic) bond motifs is 1. The standard InChI is InChI=1S/C18H16ClF3N2O2/c1-11(26-10-18(20,21)22)13-7-15(9-23-8-13)24-5-4-12-6-14(19)2-3-16(12)17(24)25/h2-3,6-9,11H,4-5,10H2,1H3. The Kier molecular flexibility index (Phi) is 5.20. The van der Waals surface area contributed by atoms with Gasteiger partial charge < -0.3 is 9.64 Å². The first-order valence-corrected chi connectivity index (χ1v) is 8.36. The average molecular weight is 385 g/mol. The zero-order chi connectivity index (χ0) is 18.9. The van der Waals surface area contributed by atoms with Crippen LogP contribution < -0.4 is 4.90 Å². The molecule has 0 N–H and O–H groups in total. The number of benzene rings is 1. The van der Waals surface area contributed by atoms with E-state index in [1.54, 1.807) is 29.2 Å². The fraction of sp³-hybridized carbons (Fsp3) is 0.333. The number of hydrogen-bond acceptors (Lipinski definition) is 3. The molecule has 2 aromatic rings. The van der Waals surface area contributed by atoms with Crippen LogP contribution in [-0.2, 0) is 11.2 Å². The molecule has 3 rings (SSSR count). The summed E-state index contributed by atoms with van der Waals surface area (Å²) >= 11 is 5.97. The van der Waals surface area contributed by atoms with E-state index in [1.807, 2.05) is 0 Å². The number of alkyl halides is 3. The van der Waals surface area contributed by atoms with E-state index < -0.39 is 18.9 Å². The first-order chi connectivity index (χ1) is 12.2. The summed E-state index contributed by atoms with van der Waals surface area (Å²) in [6.07, 6.45) is -1.61. The van der Waals surface area contributed by atoms with Crippen molar-refractivity contribution >= 4 is 23.2 Å². The number of rotatable bonds is 4. The minimum Gasteiger partial charge on any atom is -0.364 e. The maximum absolute atomic E-state index is 12.7. The fourth-order valence-corrected chi connectivity index (χ4v) is 3.03. The molecule has 0 fully saturated rings. The van der Waals surface area contributed by atoms with Gasteiger partial charge in [0.25, 0.3) is 5.91 Å². The molecule has 1 atom stereocenters. The lowest BCUT2D eigenvalue weighted by atomic mass is 9.98. The molecule has 1 aliphatic rings. The van der Waals surface area contributed by atoms with Crippen LogP contribution in [0, 0.1) is 0 Å². The number of halogens is 4. The molecule has 4 nitrogen and oxygen atoms in total. The van der Waals surface area contributed by atoms with Gasteiger partial charge in [0, 0.05) is 28.9 Å². The van der Waals surface area contributed by atoms with Gasteiger partial charge in [0.05, 0.1) is 18.0 Å². The van der Waals surface area contributed by atoms with Crippen molar-refractivity contribution in [2.45, 2.75) is 25.6 Å². The summed E-state index contributed by atoms with van der Waals surface area (Å²) in [5.41, 5.74) is 2.44. The number of pyridine rings is 1. The van der Waals surface area contributed by atoms with E-state index >= 15 is 0 Å². The van der Waals surface area contributed by atoms with Crippen molar-refractivity contribution in [3.8, 4) is 0 Å². The lowest BCUT2D eigenvalue weighted by molar-refractivity contribution is -0.184. The van der Waals surface area contributed by atoms with Gasteiger partial charge in [-0.3, -0.25) is 9.78 Å². The van der Waals surface area contributed by atoms with Gasteiger partial charge in [0.15, 0.2) is 0 Å².